The largest absolute Gasteiger partial charge is 0.313 e. The van der Waals surface area contributed by atoms with E-state index in [-0.39, 0.29) is 5.75 Å². The maximum atomic E-state index is 10.5. The van der Waals surface area contributed by atoms with E-state index in [2.05, 4.69) is 12.2 Å². The molecule has 0 saturated heterocycles. The summed E-state index contributed by atoms with van der Waals surface area (Å²) in [6.07, 6.45) is 1.16. The fraction of sp³-hybridized carbons (Fsp3) is 1.00. The first-order valence-corrected chi connectivity index (χ1v) is 5.44. The molecule has 2 atom stereocenters. The van der Waals surface area contributed by atoms with Gasteiger partial charge in [0.15, 0.2) is 0 Å². The number of primary sulfonamides is 1. The SMILES string of the molecule is CC1CC1NCCS(N)(=O)=O. The van der Waals surface area contributed by atoms with E-state index in [4.69, 9.17) is 5.14 Å². The Bertz CT molecular complexity index is 225. The minimum atomic E-state index is -3.27. The van der Waals surface area contributed by atoms with Crippen molar-refractivity contribution in [3.63, 3.8) is 0 Å². The second kappa shape index (κ2) is 3.08. The monoisotopic (exact) mass is 178 g/mol. The van der Waals surface area contributed by atoms with Crippen LogP contribution in [0.4, 0.5) is 0 Å². The molecular weight excluding hydrogens is 164 g/mol. The Hall–Kier alpha value is -0.130. The van der Waals surface area contributed by atoms with Crippen LogP contribution in [-0.2, 0) is 10.0 Å². The van der Waals surface area contributed by atoms with Crippen molar-refractivity contribution < 1.29 is 8.42 Å². The van der Waals surface area contributed by atoms with Gasteiger partial charge in [-0.2, -0.15) is 0 Å². The van der Waals surface area contributed by atoms with Gasteiger partial charge in [-0.05, 0) is 12.3 Å². The third-order valence-electron chi connectivity index (χ3n) is 1.90. The molecule has 11 heavy (non-hydrogen) atoms. The summed E-state index contributed by atoms with van der Waals surface area (Å²) in [5.41, 5.74) is 0. The van der Waals surface area contributed by atoms with Crippen LogP contribution in [0.25, 0.3) is 0 Å². The maximum Gasteiger partial charge on any atom is 0.210 e. The van der Waals surface area contributed by atoms with E-state index < -0.39 is 10.0 Å². The number of nitrogens with two attached hydrogens (primary N) is 1. The lowest BCUT2D eigenvalue weighted by Gasteiger charge is -2.00. The van der Waals surface area contributed by atoms with Crippen LogP contribution < -0.4 is 10.5 Å². The zero-order chi connectivity index (χ0) is 8.48. The highest BCUT2D eigenvalue weighted by molar-refractivity contribution is 7.89. The second-order valence-corrected chi connectivity index (χ2v) is 4.87. The lowest BCUT2D eigenvalue weighted by molar-refractivity contribution is 0.590. The Morgan fingerprint density at radius 1 is 1.64 bits per heavy atom. The molecule has 1 rings (SSSR count). The first kappa shape index (κ1) is 8.96. The van der Waals surface area contributed by atoms with Gasteiger partial charge < -0.3 is 5.32 Å². The molecule has 0 heterocycles. The maximum absolute atomic E-state index is 10.5. The topological polar surface area (TPSA) is 72.2 Å². The van der Waals surface area contributed by atoms with Gasteiger partial charge in [0.05, 0.1) is 5.75 Å². The highest BCUT2D eigenvalue weighted by atomic mass is 32.2. The molecule has 5 heteroatoms. The average Bonchev–Trinajstić information content (AvgIpc) is 2.43. The lowest BCUT2D eigenvalue weighted by atomic mass is 10.5. The summed E-state index contributed by atoms with van der Waals surface area (Å²) in [6.45, 7) is 2.61. The van der Waals surface area contributed by atoms with E-state index in [9.17, 15) is 8.42 Å². The van der Waals surface area contributed by atoms with E-state index >= 15 is 0 Å². The van der Waals surface area contributed by atoms with Gasteiger partial charge in [-0.1, -0.05) is 6.92 Å². The summed E-state index contributed by atoms with van der Waals surface area (Å²) in [7, 11) is -3.27. The molecule has 1 fully saturated rings. The van der Waals surface area contributed by atoms with E-state index in [1.807, 2.05) is 0 Å². The molecule has 0 radical (unpaired) electrons. The molecule has 0 aromatic rings. The fourth-order valence-corrected chi connectivity index (χ4v) is 1.40. The van der Waals surface area contributed by atoms with Crippen molar-refractivity contribution in [2.24, 2.45) is 11.1 Å². The highest BCUT2D eigenvalue weighted by Gasteiger charge is 2.31. The number of nitrogens with one attached hydrogen (secondary N) is 1. The summed E-state index contributed by atoms with van der Waals surface area (Å²) in [5.74, 6) is 0.742. The van der Waals surface area contributed by atoms with Gasteiger partial charge in [0.25, 0.3) is 0 Å². The van der Waals surface area contributed by atoms with Crippen LogP contribution in [0.5, 0.6) is 0 Å². The zero-order valence-corrected chi connectivity index (χ0v) is 7.39. The van der Waals surface area contributed by atoms with Crippen molar-refractivity contribution >= 4 is 10.0 Å². The summed E-state index contributed by atoms with van der Waals surface area (Å²) < 4.78 is 20.9. The number of hydrogen-bond acceptors (Lipinski definition) is 3. The Morgan fingerprint density at radius 3 is 2.55 bits per heavy atom. The van der Waals surface area contributed by atoms with Crippen LogP contribution in [0.3, 0.4) is 0 Å². The molecule has 0 aromatic carbocycles. The first-order valence-electron chi connectivity index (χ1n) is 3.73. The molecule has 0 aliphatic heterocycles. The molecule has 0 aromatic heterocycles. The summed E-state index contributed by atoms with van der Waals surface area (Å²) in [4.78, 5) is 0. The molecule has 2 unspecified atom stereocenters. The van der Waals surface area contributed by atoms with Gasteiger partial charge in [-0.15, -0.1) is 0 Å². The Morgan fingerprint density at radius 2 is 2.18 bits per heavy atom. The summed E-state index contributed by atoms with van der Waals surface area (Å²) >= 11 is 0. The quantitative estimate of drug-likeness (QED) is 0.596. The molecule has 66 valence electrons. The molecule has 4 nitrogen and oxygen atoms in total. The smallest absolute Gasteiger partial charge is 0.210 e. The van der Waals surface area contributed by atoms with E-state index in [1.165, 1.54) is 0 Å². The molecule has 0 spiro atoms. The highest BCUT2D eigenvalue weighted by Crippen LogP contribution is 2.28. The molecule has 0 amide bonds. The fourth-order valence-electron chi connectivity index (χ4n) is 0.993. The van der Waals surface area contributed by atoms with Crippen molar-refractivity contribution in [2.75, 3.05) is 12.3 Å². The third kappa shape index (κ3) is 3.69. The van der Waals surface area contributed by atoms with E-state index in [0.717, 1.165) is 6.42 Å². The van der Waals surface area contributed by atoms with Gasteiger partial charge in [-0.3, -0.25) is 0 Å². The normalized spacial score (nSPS) is 30.4. The van der Waals surface area contributed by atoms with Crippen molar-refractivity contribution in [1.82, 2.24) is 5.32 Å². The molecule has 1 aliphatic carbocycles. The van der Waals surface area contributed by atoms with Crippen LogP contribution in [0.15, 0.2) is 0 Å². The number of sulfonamides is 1. The van der Waals surface area contributed by atoms with Crippen LogP contribution in [0, 0.1) is 5.92 Å². The first-order chi connectivity index (χ1) is 4.99. The number of rotatable bonds is 4. The predicted octanol–water partition coefficient (Wildman–Crippen LogP) is -0.727. The van der Waals surface area contributed by atoms with Gasteiger partial charge in [-0.25, -0.2) is 13.6 Å². The molecule has 0 bridgehead atoms. The predicted molar refractivity (Wildman–Crippen MR) is 43.5 cm³/mol. The van der Waals surface area contributed by atoms with Crippen molar-refractivity contribution in [3.8, 4) is 0 Å². The summed E-state index contributed by atoms with van der Waals surface area (Å²) in [5, 5.41) is 7.91. The zero-order valence-electron chi connectivity index (χ0n) is 6.58. The van der Waals surface area contributed by atoms with Gasteiger partial charge in [0.2, 0.25) is 10.0 Å². The standard InChI is InChI=1S/C6H14N2O2S/c1-5-4-6(5)8-2-3-11(7,9)10/h5-6,8H,2-4H2,1H3,(H2,7,9,10). The van der Waals surface area contributed by atoms with Gasteiger partial charge >= 0.3 is 0 Å². The second-order valence-electron chi connectivity index (χ2n) is 3.14. The van der Waals surface area contributed by atoms with Crippen LogP contribution >= 0.6 is 0 Å². The van der Waals surface area contributed by atoms with E-state index in [0.29, 0.717) is 18.5 Å². The van der Waals surface area contributed by atoms with E-state index in [1.54, 1.807) is 0 Å². The van der Waals surface area contributed by atoms with Crippen molar-refractivity contribution in [3.05, 3.63) is 0 Å². The molecule has 3 N–H and O–H groups in total. The van der Waals surface area contributed by atoms with Crippen LogP contribution in [0.1, 0.15) is 13.3 Å². The Kier molecular flexibility index (Phi) is 2.51. The van der Waals surface area contributed by atoms with Crippen LogP contribution in [0.2, 0.25) is 0 Å². The Labute approximate surface area is 67.2 Å². The average molecular weight is 178 g/mol. The minimum Gasteiger partial charge on any atom is -0.313 e. The number of hydrogen-bond donors (Lipinski definition) is 2. The molecule has 1 saturated carbocycles. The van der Waals surface area contributed by atoms with Gasteiger partial charge in [0.1, 0.15) is 0 Å². The summed E-state index contributed by atoms with van der Waals surface area (Å²) in [6, 6.07) is 0.525. The Balaban J connectivity index is 2.06. The third-order valence-corrected chi connectivity index (χ3v) is 2.68. The van der Waals surface area contributed by atoms with Gasteiger partial charge in [0, 0.05) is 12.6 Å². The van der Waals surface area contributed by atoms with Crippen molar-refractivity contribution in [1.29, 1.82) is 0 Å². The lowest BCUT2D eigenvalue weighted by Crippen LogP contribution is -2.28. The van der Waals surface area contributed by atoms with Crippen LogP contribution in [-0.4, -0.2) is 26.8 Å². The van der Waals surface area contributed by atoms with Crippen molar-refractivity contribution in [2.45, 2.75) is 19.4 Å². The molecule has 1 aliphatic rings. The minimum absolute atomic E-state index is 0.0379. The molecular formula is C6H14N2O2S.